The van der Waals surface area contributed by atoms with Gasteiger partial charge < -0.3 is 20.2 Å². The zero-order valence-electron chi connectivity index (χ0n) is 12.8. The standard InChI is InChI=1S/C14H18Cl2N4O2.2ClH/c15-9-5-11(16)13(18-7-9)19-1-3-20(4-2-19)14(22)12-6-10(21)8-17-12;;/h5,7,10,12,17,21H,1-4,6,8H2;2*1H. The molecule has 2 aliphatic heterocycles. The molecule has 6 nitrogen and oxygen atoms in total. The predicted molar refractivity (Wildman–Crippen MR) is 100.0 cm³/mol. The highest BCUT2D eigenvalue weighted by Gasteiger charge is 2.33. The molecule has 24 heavy (non-hydrogen) atoms. The zero-order valence-corrected chi connectivity index (χ0v) is 16.0. The van der Waals surface area contributed by atoms with Crippen LogP contribution < -0.4 is 10.2 Å². The van der Waals surface area contributed by atoms with Gasteiger partial charge in [-0.1, -0.05) is 23.2 Å². The van der Waals surface area contributed by atoms with Crippen molar-refractivity contribution in [2.45, 2.75) is 18.6 Å². The number of nitrogens with one attached hydrogen (secondary N) is 1. The minimum atomic E-state index is -0.424. The van der Waals surface area contributed by atoms with Gasteiger partial charge in [-0.2, -0.15) is 0 Å². The summed E-state index contributed by atoms with van der Waals surface area (Å²) in [7, 11) is 0. The molecule has 0 radical (unpaired) electrons. The molecule has 136 valence electrons. The molecule has 1 aromatic heterocycles. The van der Waals surface area contributed by atoms with Crippen LogP contribution in [0, 0.1) is 0 Å². The van der Waals surface area contributed by atoms with Crippen LogP contribution in [0.1, 0.15) is 6.42 Å². The molecule has 1 aromatic rings. The van der Waals surface area contributed by atoms with E-state index in [2.05, 4.69) is 15.2 Å². The van der Waals surface area contributed by atoms with Gasteiger partial charge in [0.2, 0.25) is 5.91 Å². The maximum atomic E-state index is 12.4. The summed E-state index contributed by atoms with van der Waals surface area (Å²) in [6, 6.07) is 1.41. The van der Waals surface area contributed by atoms with E-state index in [0.29, 0.717) is 55.0 Å². The Balaban J connectivity index is 0.00000144. The highest BCUT2D eigenvalue weighted by atomic mass is 35.5. The number of hydrogen-bond acceptors (Lipinski definition) is 5. The minimum absolute atomic E-state index is 0. The van der Waals surface area contributed by atoms with E-state index in [1.54, 1.807) is 12.3 Å². The van der Waals surface area contributed by atoms with Gasteiger partial charge in [-0.25, -0.2) is 4.98 Å². The third-order valence-corrected chi connectivity index (χ3v) is 4.57. The van der Waals surface area contributed by atoms with Crippen molar-refractivity contribution in [1.29, 1.82) is 0 Å². The van der Waals surface area contributed by atoms with Crippen LogP contribution in [0.15, 0.2) is 12.3 Å². The maximum absolute atomic E-state index is 12.4. The number of aliphatic hydroxyl groups excluding tert-OH is 1. The summed E-state index contributed by atoms with van der Waals surface area (Å²) in [5, 5.41) is 13.6. The summed E-state index contributed by atoms with van der Waals surface area (Å²) in [5.74, 6) is 0.763. The monoisotopic (exact) mass is 416 g/mol. The fraction of sp³-hybridized carbons (Fsp3) is 0.571. The zero-order chi connectivity index (χ0) is 15.7. The number of pyridine rings is 1. The van der Waals surface area contributed by atoms with Crippen LogP contribution in [0.2, 0.25) is 10.0 Å². The van der Waals surface area contributed by atoms with Crippen LogP contribution in [0.3, 0.4) is 0 Å². The van der Waals surface area contributed by atoms with Crippen molar-refractivity contribution in [2.24, 2.45) is 0 Å². The molecule has 0 aliphatic carbocycles. The first kappa shape index (κ1) is 21.5. The SMILES string of the molecule is Cl.Cl.O=C(C1CC(O)CN1)N1CCN(c2ncc(Cl)cc2Cl)CC1. The third kappa shape index (κ3) is 4.77. The Morgan fingerprint density at radius 1 is 1.25 bits per heavy atom. The first-order valence-electron chi connectivity index (χ1n) is 7.31. The summed E-state index contributed by atoms with van der Waals surface area (Å²) in [5.41, 5.74) is 0. The van der Waals surface area contributed by atoms with Gasteiger partial charge in [0.25, 0.3) is 0 Å². The molecule has 2 aliphatic rings. The van der Waals surface area contributed by atoms with Gasteiger partial charge in [0.05, 0.1) is 22.2 Å². The van der Waals surface area contributed by atoms with Crippen LogP contribution in [0.5, 0.6) is 0 Å². The van der Waals surface area contributed by atoms with E-state index >= 15 is 0 Å². The molecule has 2 fully saturated rings. The highest BCUT2D eigenvalue weighted by molar-refractivity contribution is 6.36. The average molecular weight is 418 g/mol. The van der Waals surface area contributed by atoms with E-state index < -0.39 is 6.10 Å². The van der Waals surface area contributed by atoms with Crippen LogP contribution in [0.25, 0.3) is 0 Å². The Kier molecular flexibility index (Phi) is 8.32. The van der Waals surface area contributed by atoms with Crippen LogP contribution in [-0.4, -0.2) is 65.8 Å². The second-order valence-electron chi connectivity index (χ2n) is 5.62. The molecule has 0 saturated carbocycles. The Labute approximate surface area is 163 Å². The fourth-order valence-corrected chi connectivity index (χ4v) is 3.40. The topological polar surface area (TPSA) is 68.7 Å². The number of halogens is 4. The number of amides is 1. The molecule has 2 saturated heterocycles. The van der Waals surface area contributed by atoms with Crippen molar-refractivity contribution in [3.05, 3.63) is 22.3 Å². The smallest absolute Gasteiger partial charge is 0.239 e. The maximum Gasteiger partial charge on any atom is 0.239 e. The molecule has 0 aromatic carbocycles. The Morgan fingerprint density at radius 3 is 2.46 bits per heavy atom. The van der Waals surface area contributed by atoms with Crippen molar-refractivity contribution in [3.63, 3.8) is 0 Å². The van der Waals surface area contributed by atoms with E-state index in [1.807, 2.05) is 4.90 Å². The molecule has 10 heteroatoms. The van der Waals surface area contributed by atoms with E-state index in [0.717, 1.165) is 0 Å². The van der Waals surface area contributed by atoms with Gasteiger partial charge in [-0.15, -0.1) is 24.8 Å². The molecule has 0 bridgehead atoms. The first-order chi connectivity index (χ1) is 10.5. The fourth-order valence-electron chi connectivity index (χ4n) is 2.90. The summed E-state index contributed by atoms with van der Waals surface area (Å²) in [4.78, 5) is 20.5. The summed E-state index contributed by atoms with van der Waals surface area (Å²) in [6.07, 6.45) is 1.64. The molecule has 3 heterocycles. The molecular weight excluding hydrogens is 398 g/mol. The van der Waals surface area contributed by atoms with Crippen LogP contribution >= 0.6 is 48.0 Å². The number of nitrogens with zero attached hydrogens (tertiary/aromatic N) is 3. The highest BCUT2D eigenvalue weighted by Crippen LogP contribution is 2.27. The van der Waals surface area contributed by atoms with E-state index in [1.165, 1.54) is 0 Å². The number of aliphatic hydroxyl groups is 1. The molecule has 0 spiro atoms. The number of hydrogen-bond donors (Lipinski definition) is 2. The van der Waals surface area contributed by atoms with Gasteiger partial charge in [0, 0.05) is 38.9 Å². The minimum Gasteiger partial charge on any atom is -0.392 e. The van der Waals surface area contributed by atoms with Gasteiger partial charge in [-0.3, -0.25) is 4.79 Å². The lowest BCUT2D eigenvalue weighted by Gasteiger charge is -2.36. The van der Waals surface area contributed by atoms with Crippen molar-refractivity contribution in [1.82, 2.24) is 15.2 Å². The van der Waals surface area contributed by atoms with Crippen LogP contribution in [0.4, 0.5) is 5.82 Å². The number of β-amino-alcohol motifs (C(OH)–C–C–N with tert-alkyl or cyclic N) is 1. The summed E-state index contributed by atoms with van der Waals surface area (Å²) < 4.78 is 0. The molecule has 2 unspecified atom stereocenters. The Bertz CT molecular complexity index is 570. The number of anilines is 1. The number of piperazine rings is 1. The molecular formula is C14H20Cl4N4O2. The second kappa shape index (κ2) is 9.27. The number of carbonyl (C=O) groups is 1. The Morgan fingerprint density at radius 2 is 1.92 bits per heavy atom. The van der Waals surface area contributed by atoms with Gasteiger partial charge in [0.15, 0.2) is 0 Å². The quantitative estimate of drug-likeness (QED) is 0.764. The van der Waals surface area contributed by atoms with Crippen LogP contribution in [-0.2, 0) is 4.79 Å². The molecule has 1 amide bonds. The molecule has 3 rings (SSSR count). The van der Waals surface area contributed by atoms with Crippen molar-refractivity contribution < 1.29 is 9.90 Å². The number of rotatable bonds is 2. The summed E-state index contributed by atoms with van der Waals surface area (Å²) in [6.45, 7) is 3.08. The van der Waals surface area contributed by atoms with E-state index in [4.69, 9.17) is 23.2 Å². The Hall–Kier alpha value is -0.500. The van der Waals surface area contributed by atoms with Gasteiger partial charge in [-0.05, 0) is 12.5 Å². The second-order valence-corrected chi connectivity index (χ2v) is 6.47. The average Bonchev–Trinajstić information content (AvgIpc) is 2.93. The van der Waals surface area contributed by atoms with Gasteiger partial charge in [0.1, 0.15) is 5.82 Å². The lowest BCUT2D eigenvalue weighted by atomic mass is 10.1. The molecule has 2 atom stereocenters. The number of carbonyl (C=O) groups excluding carboxylic acids is 1. The largest absolute Gasteiger partial charge is 0.392 e. The molecule has 2 N–H and O–H groups in total. The van der Waals surface area contributed by atoms with Crippen molar-refractivity contribution in [3.8, 4) is 0 Å². The van der Waals surface area contributed by atoms with E-state index in [-0.39, 0.29) is 36.8 Å². The van der Waals surface area contributed by atoms with Gasteiger partial charge >= 0.3 is 0 Å². The first-order valence-corrected chi connectivity index (χ1v) is 8.06. The summed E-state index contributed by atoms with van der Waals surface area (Å²) >= 11 is 12.0. The van der Waals surface area contributed by atoms with Crippen molar-refractivity contribution >= 4 is 59.7 Å². The van der Waals surface area contributed by atoms with E-state index in [9.17, 15) is 9.90 Å². The lowest BCUT2D eigenvalue weighted by molar-refractivity contribution is -0.133. The predicted octanol–water partition coefficient (Wildman–Crippen LogP) is 1.60. The van der Waals surface area contributed by atoms with Crippen molar-refractivity contribution in [2.75, 3.05) is 37.6 Å². The normalized spacial score (nSPS) is 23.5. The number of aromatic nitrogens is 1. The third-order valence-electron chi connectivity index (χ3n) is 4.09. The lowest BCUT2D eigenvalue weighted by Crippen LogP contribution is -2.53.